The van der Waals surface area contributed by atoms with Gasteiger partial charge in [-0.25, -0.2) is 0 Å². The molecule has 1 unspecified atom stereocenters. The zero-order valence-electron chi connectivity index (χ0n) is 14.0. The summed E-state index contributed by atoms with van der Waals surface area (Å²) in [6, 6.07) is 1.35. The fourth-order valence-electron chi connectivity index (χ4n) is 3.00. The second-order valence-corrected chi connectivity index (χ2v) is 7.08. The number of likely N-dealkylation sites (tertiary alicyclic amines) is 1. The average molecular weight is 269 g/mol. The highest BCUT2D eigenvalue weighted by molar-refractivity contribution is 4.86. The zero-order chi connectivity index (χ0) is 14.5. The highest BCUT2D eigenvalue weighted by atomic mass is 15.2. The number of piperidine rings is 1. The molecule has 0 aromatic carbocycles. The summed E-state index contributed by atoms with van der Waals surface area (Å²) in [6.45, 7) is 17.5. The average Bonchev–Trinajstić information content (AvgIpc) is 2.37. The summed E-state index contributed by atoms with van der Waals surface area (Å²) in [7, 11) is 2.31. The molecule has 0 spiro atoms. The summed E-state index contributed by atoms with van der Waals surface area (Å²) in [6.07, 6.45) is 2.65. The van der Waals surface area contributed by atoms with E-state index in [9.17, 15) is 0 Å². The van der Waals surface area contributed by atoms with E-state index < -0.39 is 0 Å². The van der Waals surface area contributed by atoms with Gasteiger partial charge in [-0.2, -0.15) is 0 Å². The van der Waals surface area contributed by atoms with Crippen LogP contribution in [0.25, 0.3) is 0 Å². The standard InChI is InChI=1S/C16H35N3/c1-7-17-15(16(3,4)5)13-18(6)14-9-11-19(8-2)12-10-14/h14-15,17H,7-13H2,1-6H3. The molecule has 1 heterocycles. The second-order valence-electron chi connectivity index (χ2n) is 7.08. The van der Waals surface area contributed by atoms with Crippen LogP contribution in [-0.4, -0.2) is 61.7 Å². The maximum atomic E-state index is 3.66. The Kier molecular flexibility index (Phi) is 6.78. The molecule has 0 aliphatic carbocycles. The van der Waals surface area contributed by atoms with Crippen LogP contribution in [-0.2, 0) is 0 Å². The van der Waals surface area contributed by atoms with E-state index in [4.69, 9.17) is 0 Å². The maximum Gasteiger partial charge on any atom is 0.0243 e. The van der Waals surface area contributed by atoms with Crippen molar-refractivity contribution in [3.63, 3.8) is 0 Å². The first-order valence-electron chi connectivity index (χ1n) is 8.04. The van der Waals surface area contributed by atoms with Gasteiger partial charge in [0.2, 0.25) is 0 Å². The van der Waals surface area contributed by atoms with Crippen molar-refractivity contribution in [2.24, 2.45) is 5.41 Å². The topological polar surface area (TPSA) is 18.5 Å². The lowest BCUT2D eigenvalue weighted by molar-refractivity contribution is 0.105. The van der Waals surface area contributed by atoms with Crippen molar-refractivity contribution in [2.75, 3.05) is 39.8 Å². The normalized spacial score (nSPS) is 21.0. The summed E-state index contributed by atoms with van der Waals surface area (Å²) in [5.74, 6) is 0. The van der Waals surface area contributed by atoms with Gasteiger partial charge in [-0.3, -0.25) is 0 Å². The summed E-state index contributed by atoms with van der Waals surface area (Å²) in [5, 5.41) is 3.66. The van der Waals surface area contributed by atoms with Gasteiger partial charge < -0.3 is 15.1 Å². The first-order valence-corrected chi connectivity index (χ1v) is 8.04. The van der Waals surface area contributed by atoms with E-state index in [2.05, 4.69) is 56.8 Å². The smallest absolute Gasteiger partial charge is 0.0243 e. The van der Waals surface area contributed by atoms with Crippen LogP contribution in [0.5, 0.6) is 0 Å². The third-order valence-electron chi connectivity index (χ3n) is 4.59. The largest absolute Gasteiger partial charge is 0.312 e. The number of likely N-dealkylation sites (N-methyl/N-ethyl adjacent to an activating group) is 2. The lowest BCUT2D eigenvalue weighted by Gasteiger charge is -2.40. The van der Waals surface area contributed by atoms with Gasteiger partial charge >= 0.3 is 0 Å². The molecule has 1 N–H and O–H groups in total. The molecule has 0 saturated carbocycles. The molecular formula is C16H35N3. The molecule has 1 aliphatic heterocycles. The van der Waals surface area contributed by atoms with Gasteiger partial charge in [0.05, 0.1) is 0 Å². The van der Waals surface area contributed by atoms with E-state index in [-0.39, 0.29) is 0 Å². The summed E-state index contributed by atoms with van der Waals surface area (Å²) < 4.78 is 0. The van der Waals surface area contributed by atoms with Gasteiger partial charge in [-0.15, -0.1) is 0 Å². The molecule has 0 aromatic rings. The van der Waals surface area contributed by atoms with E-state index in [1.54, 1.807) is 0 Å². The van der Waals surface area contributed by atoms with Crippen molar-refractivity contribution in [3.8, 4) is 0 Å². The van der Waals surface area contributed by atoms with Crippen molar-refractivity contribution in [1.82, 2.24) is 15.1 Å². The molecule has 1 aliphatic rings. The number of nitrogens with zero attached hydrogens (tertiary/aromatic N) is 2. The Morgan fingerprint density at radius 3 is 2.21 bits per heavy atom. The Morgan fingerprint density at radius 2 is 1.79 bits per heavy atom. The Hall–Kier alpha value is -0.120. The first-order chi connectivity index (χ1) is 8.88. The minimum atomic E-state index is 0.328. The van der Waals surface area contributed by atoms with E-state index >= 15 is 0 Å². The zero-order valence-corrected chi connectivity index (χ0v) is 14.0. The number of hydrogen-bond acceptors (Lipinski definition) is 3. The van der Waals surface area contributed by atoms with Crippen LogP contribution in [0.4, 0.5) is 0 Å². The third kappa shape index (κ3) is 5.41. The third-order valence-corrected chi connectivity index (χ3v) is 4.59. The van der Waals surface area contributed by atoms with Crippen molar-refractivity contribution in [1.29, 1.82) is 0 Å². The Bertz CT molecular complexity index is 239. The summed E-state index contributed by atoms with van der Waals surface area (Å²) in [5.41, 5.74) is 0.328. The number of nitrogens with one attached hydrogen (secondary N) is 1. The first kappa shape index (κ1) is 16.9. The maximum absolute atomic E-state index is 3.66. The quantitative estimate of drug-likeness (QED) is 0.799. The molecule has 19 heavy (non-hydrogen) atoms. The van der Waals surface area contributed by atoms with Crippen molar-refractivity contribution in [3.05, 3.63) is 0 Å². The van der Waals surface area contributed by atoms with E-state index in [1.165, 1.54) is 32.5 Å². The minimum Gasteiger partial charge on any atom is -0.312 e. The Labute approximate surface area is 120 Å². The van der Waals surface area contributed by atoms with Gasteiger partial charge in [0.25, 0.3) is 0 Å². The van der Waals surface area contributed by atoms with Crippen LogP contribution in [0.3, 0.4) is 0 Å². The summed E-state index contributed by atoms with van der Waals surface area (Å²) >= 11 is 0. The lowest BCUT2D eigenvalue weighted by atomic mass is 9.86. The van der Waals surface area contributed by atoms with Gasteiger partial charge in [-0.05, 0) is 51.5 Å². The summed E-state index contributed by atoms with van der Waals surface area (Å²) in [4.78, 5) is 5.15. The molecule has 0 amide bonds. The van der Waals surface area contributed by atoms with Gasteiger partial charge in [0.15, 0.2) is 0 Å². The predicted molar refractivity (Wildman–Crippen MR) is 84.7 cm³/mol. The second kappa shape index (κ2) is 7.61. The van der Waals surface area contributed by atoms with Crippen LogP contribution in [0.15, 0.2) is 0 Å². The molecule has 3 nitrogen and oxygen atoms in total. The molecule has 3 heteroatoms. The molecule has 1 atom stereocenters. The molecule has 1 fully saturated rings. The van der Waals surface area contributed by atoms with Crippen LogP contribution >= 0.6 is 0 Å². The fraction of sp³-hybridized carbons (Fsp3) is 1.00. The molecule has 1 rings (SSSR count). The van der Waals surface area contributed by atoms with Crippen molar-refractivity contribution < 1.29 is 0 Å². The van der Waals surface area contributed by atoms with Crippen molar-refractivity contribution in [2.45, 2.75) is 59.5 Å². The van der Waals surface area contributed by atoms with Crippen LogP contribution in [0.1, 0.15) is 47.5 Å². The fourth-order valence-corrected chi connectivity index (χ4v) is 3.00. The number of hydrogen-bond donors (Lipinski definition) is 1. The molecule has 0 radical (unpaired) electrons. The van der Waals surface area contributed by atoms with E-state index in [0.29, 0.717) is 11.5 Å². The predicted octanol–water partition coefficient (Wildman–Crippen LogP) is 2.43. The molecule has 0 bridgehead atoms. The monoisotopic (exact) mass is 269 g/mol. The van der Waals surface area contributed by atoms with Gasteiger partial charge in [0.1, 0.15) is 0 Å². The highest BCUT2D eigenvalue weighted by Gasteiger charge is 2.28. The SMILES string of the molecule is CCNC(CN(C)C1CCN(CC)CC1)C(C)(C)C. The van der Waals surface area contributed by atoms with E-state index in [1.807, 2.05) is 0 Å². The molecular weight excluding hydrogens is 234 g/mol. The molecule has 0 aromatic heterocycles. The van der Waals surface area contributed by atoms with Crippen LogP contribution < -0.4 is 5.32 Å². The minimum absolute atomic E-state index is 0.328. The van der Waals surface area contributed by atoms with E-state index in [0.717, 1.165) is 19.1 Å². The highest BCUT2D eigenvalue weighted by Crippen LogP contribution is 2.22. The van der Waals surface area contributed by atoms with Gasteiger partial charge in [0, 0.05) is 18.6 Å². The Morgan fingerprint density at radius 1 is 1.21 bits per heavy atom. The number of rotatable bonds is 6. The molecule has 114 valence electrons. The Balaban J connectivity index is 2.46. The van der Waals surface area contributed by atoms with Crippen LogP contribution in [0.2, 0.25) is 0 Å². The van der Waals surface area contributed by atoms with Crippen molar-refractivity contribution >= 4 is 0 Å². The van der Waals surface area contributed by atoms with Crippen LogP contribution in [0, 0.1) is 5.41 Å². The molecule has 1 saturated heterocycles. The van der Waals surface area contributed by atoms with Gasteiger partial charge in [-0.1, -0.05) is 34.6 Å². The lowest BCUT2D eigenvalue weighted by Crippen LogP contribution is -2.52.